The van der Waals surface area contributed by atoms with Crippen molar-refractivity contribution in [2.75, 3.05) is 51.9 Å². The van der Waals surface area contributed by atoms with Gasteiger partial charge in [0.15, 0.2) is 0 Å². The van der Waals surface area contributed by atoms with Gasteiger partial charge in [-0.05, 0) is 31.4 Å². The smallest absolute Gasteiger partial charge is 0.214 e. The molecule has 1 saturated heterocycles. The molecule has 0 radical (unpaired) electrons. The fourth-order valence-electron chi connectivity index (χ4n) is 2.61. The Balaban J connectivity index is 1.86. The van der Waals surface area contributed by atoms with Crippen molar-refractivity contribution < 1.29 is 9.47 Å². The fourth-order valence-corrected chi connectivity index (χ4v) is 2.61. The molecule has 1 aliphatic heterocycles. The second-order valence-electron chi connectivity index (χ2n) is 5.19. The summed E-state index contributed by atoms with van der Waals surface area (Å²) in [5, 5.41) is 3.45. The fraction of sp³-hybridized carbons (Fsp3) is 0.667. The molecule has 5 nitrogen and oxygen atoms in total. The lowest BCUT2D eigenvalue weighted by atomic mass is 9.98. The number of hydrogen-bond acceptors (Lipinski definition) is 5. The zero-order valence-electron chi connectivity index (χ0n) is 12.5. The SMILES string of the molecule is COCCNCC1CCCN(c2cccc(OC)n2)C1. The highest BCUT2D eigenvalue weighted by atomic mass is 16.5. The van der Waals surface area contributed by atoms with Crippen LogP contribution in [0.5, 0.6) is 5.88 Å². The normalized spacial score (nSPS) is 19.1. The third-order valence-corrected chi connectivity index (χ3v) is 3.68. The number of anilines is 1. The minimum atomic E-state index is 0.675. The van der Waals surface area contributed by atoms with Gasteiger partial charge in [0.25, 0.3) is 0 Å². The molecule has 20 heavy (non-hydrogen) atoms. The van der Waals surface area contributed by atoms with Crippen LogP contribution in [0.15, 0.2) is 18.2 Å². The first kappa shape index (κ1) is 15.1. The van der Waals surface area contributed by atoms with Crippen LogP contribution in [0.25, 0.3) is 0 Å². The van der Waals surface area contributed by atoms with E-state index in [1.54, 1.807) is 14.2 Å². The summed E-state index contributed by atoms with van der Waals surface area (Å²) >= 11 is 0. The van der Waals surface area contributed by atoms with Gasteiger partial charge in [0.05, 0.1) is 13.7 Å². The highest BCUT2D eigenvalue weighted by molar-refractivity contribution is 5.41. The summed E-state index contributed by atoms with van der Waals surface area (Å²) in [5.41, 5.74) is 0. The van der Waals surface area contributed by atoms with Crippen molar-refractivity contribution in [3.63, 3.8) is 0 Å². The number of ether oxygens (including phenoxy) is 2. The van der Waals surface area contributed by atoms with Crippen LogP contribution >= 0.6 is 0 Å². The van der Waals surface area contributed by atoms with Crippen molar-refractivity contribution in [1.82, 2.24) is 10.3 Å². The van der Waals surface area contributed by atoms with Crippen LogP contribution in [0.3, 0.4) is 0 Å². The van der Waals surface area contributed by atoms with Crippen LogP contribution in [0.2, 0.25) is 0 Å². The molecule has 0 aromatic carbocycles. The number of nitrogens with zero attached hydrogens (tertiary/aromatic N) is 2. The van der Waals surface area contributed by atoms with Gasteiger partial charge in [-0.2, -0.15) is 4.98 Å². The number of rotatable bonds is 7. The highest BCUT2D eigenvalue weighted by Gasteiger charge is 2.20. The molecule has 2 heterocycles. The van der Waals surface area contributed by atoms with E-state index in [0.717, 1.165) is 38.6 Å². The van der Waals surface area contributed by atoms with Crippen molar-refractivity contribution >= 4 is 5.82 Å². The van der Waals surface area contributed by atoms with Crippen LogP contribution < -0.4 is 15.0 Å². The van der Waals surface area contributed by atoms with Crippen molar-refractivity contribution in [2.24, 2.45) is 5.92 Å². The minimum Gasteiger partial charge on any atom is -0.481 e. The standard InChI is InChI=1S/C15H25N3O2/c1-19-10-8-16-11-13-5-4-9-18(12-13)14-6-3-7-15(17-14)20-2/h3,6-7,13,16H,4-5,8-12H2,1-2H3. The number of nitrogens with one attached hydrogen (secondary N) is 1. The molecular formula is C15H25N3O2. The summed E-state index contributed by atoms with van der Waals surface area (Å²) < 4.78 is 10.3. The quantitative estimate of drug-likeness (QED) is 0.767. The van der Waals surface area contributed by atoms with Crippen LogP contribution in [0, 0.1) is 5.92 Å². The zero-order chi connectivity index (χ0) is 14.2. The summed E-state index contributed by atoms with van der Waals surface area (Å²) in [6, 6.07) is 5.95. The molecule has 5 heteroatoms. The number of methoxy groups -OCH3 is 2. The molecule has 1 aromatic rings. The van der Waals surface area contributed by atoms with E-state index in [2.05, 4.69) is 21.3 Å². The van der Waals surface area contributed by atoms with E-state index >= 15 is 0 Å². The summed E-state index contributed by atoms with van der Waals surface area (Å²) in [5.74, 6) is 2.38. The largest absolute Gasteiger partial charge is 0.481 e. The first-order chi connectivity index (χ1) is 9.83. The molecule has 1 fully saturated rings. The summed E-state index contributed by atoms with van der Waals surface area (Å²) in [6.07, 6.45) is 2.50. The molecule has 2 rings (SSSR count). The van der Waals surface area contributed by atoms with E-state index in [-0.39, 0.29) is 0 Å². The van der Waals surface area contributed by atoms with Gasteiger partial charge in [-0.15, -0.1) is 0 Å². The van der Waals surface area contributed by atoms with Crippen LogP contribution in [0.4, 0.5) is 5.82 Å². The number of piperidine rings is 1. The molecule has 112 valence electrons. The summed E-state index contributed by atoms with van der Waals surface area (Å²) in [7, 11) is 3.39. The maximum atomic E-state index is 5.20. The Kier molecular flexibility index (Phi) is 6.08. The topological polar surface area (TPSA) is 46.6 Å². The monoisotopic (exact) mass is 279 g/mol. The van der Waals surface area contributed by atoms with E-state index in [0.29, 0.717) is 11.8 Å². The van der Waals surface area contributed by atoms with E-state index < -0.39 is 0 Å². The molecule has 1 aromatic heterocycles. The van der Waals surface area contributed by atoms with E-state index in [1.165, 1.54) is 12.8 Å². The highest BCUT2D eigenvalue weighted by Crippen LogP contribution is 2.22. The Morgan fingerprint density at radius 3 is 3.10 bits per heavy atom. The van der Waals surface area contributed by atoms with Crippen molar-refractivity contribution in [3.8, 4) is 5.88 Å². The third-order valence-electron chi connectivity index (χ3n) is 3.68. The summed E-state index contributed by atoms with van der Waals surface area (Å²) in [6.45, 7) is 4.87. The summed E-state index contributed by atoms with van der Waals surface area (Å²) in [4.78, 5) is 6.88. The van der Waals surface area contributed by atoms with Gasteiger partial charge >= 0.3 is 0 Å². The van der Waals surface area contributed by atoms with Gasteiger partial charge in [0, 0.05) is 32.8 Å². The molecule has 0 saturated carbocycles. The maximum Gasteiger partial charge on any atom is 0.214 e. The Morgan fingerprint density at radius 1 is 1.40 bits per heavy atom. The first-order valence-corrected chi connectivity index (χ1v) is 7.29. The van der Waals surface area contributed by atoms with Crippen LogP contribution in [-0.4, -0.2) is 52.0 Å². The minimum absolute atomic E-state index is 0.675. The second kappa shape index (κ2) is 8.07. The van der Waals surface area contributed by atoms with E-state index in [1.807, 2.05) is 12.1 Å². The van der Waals surface area contributed by atoms with Crippen LogP contribution in [0.1, 0.15) is 12.8 Å². The van der Waals surface area contributed by atoms with Crippen molar-refractivity contribution in [2.45, 2.75) is 12.8 Å². The average molecular weight is 279 g/mol. The van der Waals surface area contributed by atoms with Gasteiger partial charge in [-0.25, -0.2) is 0 Å². The second-order valence-corrected chi connectivity index (χ2v) is 5.19. The Labute approximate surface area is 121 Å². The van der Waals surface area contributed by atoms with E-state index in [4.69, 9.17) is 9.47 Å². The molecule has 0 bridgehead atoms. The maximum absolute atomic E-state index is 5.20. The average Bonchev–Trinajstić information content (AvgIpc) is 2.52. The lowest BCUT2D eigenvalue weighted by molar-refractivity contribution is 0.197. The number of aromatic nitrogens is 1. The van der Waals surface area contributed by atoms with Gasteiger partial charge < -0.3 is 19.7 Å². The molecule has 0 spiro atoms. The zero-order valence-corrected chi connectivity index (χ0v) is 12.5. The van der Waals surface area contributed by atoms with Crippen molar-refractivity contribution in [1.29, 1.82) is 0 Å². The van der Waals surface area contributed by atoms with Crippen LogP contribution in [-0.2, 0) is 4.74 Å². The van der Waals surface area contributed by atoms with E-state index in [9.17, 15) is 0 Å². The Morgan fingerprint density at radius 2 is 2.30 bits per heavy atom. The lowest BCUT2D eigenvalue weighted by Gasteiger charge is -2.33. The molecule has 1 N–H and O–H groups in total. The van der Waals surface area contributed by atoms with Gasteiger partial charge in [-0.3, -0.25) is 0 Å². The van der Waals surface area contributed by atoms with Crippen molar-refractivity contribution in [3.05, 3.63) is 18.2 Å². The predicted octanol–water partition coefficient (Wildman–Crippen LogP) is 1.54. The predicted molar refractivity (Wildman–Crippen MR) is 80.5 cm³/mol. The molecule has 0 amide bonds. The third kappa shape index (κ3) is 4.35. The Hall–Kier alpha value is -1.33. The lowest BCUT2D eigenvalue weighted by Crippen LogP contribution is -2.40. The Bertz CT molecular complexity index is 400. The molecule has 0 aliphatic carbocycles. The first-order valence-electron chi connectivity index (χ1n) is 7.29. The number of hydrogen-bond donors (Lipinski definition) is 1. The molecule has 1 atom stereocenters. The molecular weight excluding hydrogens is 254 g/mol. The molecule has 1 aliphatic rings. The van der Waals surface area contributed by atoms with Gasteiger partial charge in [0.2, 0.25) is 5.88 Å². The number of pyridine rings is 1. The van der Waals surface area contributed by atoms with Gasteiger partial charge in [0.1, 0.15) is 5.82 Å². The molecule has 1 unspecified atom stereocenters. The van der Waals surface area contributed by atoms with Gasteiger partial charge in [-0.1, -0.05) is 6.07 Å².